The second-order valence-corrected chi connectivity index (χ2v) is 8.48. The van der Waals surface area contributed by atoms with Gasteiger partial charge >= 0.3 is 0 Å². The summed E-state index contributed by atoms with van der Waals surface area (Å²) in [6.07, 6.45) is 0.913. The average Bonchev–Trinajstić information content (AvgIpc) is 2.74. The number of aromatic nitrogens is 1. The second kappa shape index (κ2) is 8.55. The van der Waals surface area contributed by atoms with E-state index in [2.05, 4.69) is 24.3 Å². The SMILES string of the molecule is CN(C)c1ccc(-c2ccc(=O)n3c2[C@@H]2C[C@@H](CN(C(=O)COCC(=O)[O-])C2)C3)cc1. The molecule has 1 aromatic carbocycles. The van der Waals surface area contributed by atoms with Crippen LogP contribution in [0.25, 0.3) is 11.1 Å². The fourth-order valence-electron chi connectivity index (χ4n) is 4.71. The molecule has 31 heavy (non-hydrogen) atoms. The molecular formula is C23H26N3O5-. The van der Waals surface area contributed by atoms with Crippen LogP contribution in [0.4, 0.5) is 5.69 Å². The molecule has 0 aliphatic carbocycles. The zero-order valence-electron chi connectivity index (χ0n) is 17.7. The number of likely N-dealkylation sites (tertiary alicyclic amines) is 1. The molecule has 2 aliphatic heterocycles. The fraction of sp³-hybridized carbons (Fsp3) is 0.435. The lowest BCUT2D eigenvalue weighted by molar-refractivity contribution is -0.309. The summed E-state index contributed by atoms with van der Waals surface area (Å²) in [5.74, 6) is -1.36. The minimum absolute atomic E-state index is 0.0181. The molecule has 2 aliphatic rings. The number of ether oxygens (including phenoxy) is 1. The van der Waals surface area contributed by atoms with Crippen molar-refractivity contribution in [2.75, 3.05) is 45.3 Å². The molecule has 1 saturated heterocycles. The van der Waals surface area contributed by atoms with Crippen molar-refractivity contribution in [1.29, 1.82) is 0 Å². The first kappa shape index (κ1) is 21.1. The van der Waals surface area contributed by atoms with E-state index >= 15 is 0 Å². The molecule has 0 radical (unpaired) electrons. The van der Waals surface area contributed by atoms with Gasteiger partial charge in [-0.3, -0.25) is 9.59 Å². The Balaban J connectivity index is 1.62. The van der Waals surface area contributed by atoms with Gasteiger partial charge in [0.25, 0.3) is 5.56 Å². The van der Waals surface area contributed by atoms with Gasteiger partial charge in [-0.15, -0.1) is 0 Å². The average molecular weight is 424 g/mol. The number of hydrogen-bond acceptors (Lipinski definition) is 6. The van der Waals surface area contributed by atoms with E-state index in [0.29, 0.717) is 19.6 Å². The largest absolute Gasteiger partial charge is 0.548 e. The van der Waals surface area contributed by atoms with Gasteiger partial charge in [-0.25, -0.2) is 0 Å². The van der Waals surface area contributed by atoms with E-state index in [4.69, 9.17) is 4.74 Å². The van der Waals surface area contributed by atoms with E-state index in [-0.39, 0.29) is 29.9 Å². The Morgan fingerprint density at radius 1 is 1.06 bits per heavy atom. The number of benzene rings is 1. The van der Waals surface area contributed by atoms with E-state index in [1.807, 2.05) is 29.6 Å². The molecule has 0 N–H and O–H groups in total. The van der Waals surface area contributed by atoms with Gasteiger partial charge < -0.3 is 29.0 Å². The summed E-state index contributed by atoms with van der Waals surface area (Å²) in [6, 6.07) is 11.7. The number of nitrogens with zero attached hydrogens (tertiary/aromatic N) is 3. The summed E-state index contributed by atoms with van der Waals surface area (Å²) < 4.78 is 6.80. The molecule has 4 rings (SSSR count). The van der Waals surface area contributed by atoms with E-state index in [0.717, 1.165) is 28.9 Å². The maximum absolute atomic E-state index is 12.6. The first-order chi connectivity index (χ1) is 14.8. The number of amides is 1. The zero-order chi connectivity index (χ0) is 22.1. The highest BCUT2D eigenvalue weighted by Gasteiger charge is 2.37. The summed E-state index contributed by atoms with van der Waals surface area (Å²) in [6.45, 7) is 0.706. The topological polar surface area (TPSA) is 94.9 Å². The van der Waals surface area contributed by atoms with Crippen molar-refractivity contribution in [3.8, 4) is 11.1 Å². The predicted molar refractivity (Wildman–Crippen MR) is 114 cm³/mol. The number of aliphatic carboxylic acids is 1. The highest BCUT2D eigenvalue weighted by atomic mass is 16.5. The molecule has 0 unspecified atom stereocenters. The molecule has 8 nitrogen and oxygen atoms in total. The molecule has 1 aromatic heterocycles. The summed E-state index contributed by atoms with van der Waals surface area (Å²) in [5, 5.41) is 10.5. The number of carboxylic acid groups (broad SMARTS) is 1. The number of pyridine rings is 1. The Morgan fingerprint density at radius 3 is 2.48 bits per heavy atom. The van der Waals surface area contributed by atoms with Gasteiger partial charge in [0.05, 0.1) is 12.6 Å². The summed E-state index contributed by atoms with van der Waals surface area (Å²) in [7, 11) is 3.98. The van der Waals surface area contributed by atoms with E-state index < -0.39 is 12.6 Å². The third-order valence-electron chi connectivity index (χ3n) is 6.08. The molecule has 2 bridgehead atoms. The third kappa shape index (κ3) is 4.34. The number of rotatable bonds is 6. The summed E-state index contributed by atoms with van der Waals surface area (Å²) in [5.41, 5.74) is 4.09. The van der Waals surface area contributed by atoms with Gasteiger partial charge in [0.15, 0.2) is 0 Å². The van der Waals surface area contributed by atoms with Gasteiger partial charge in [0.2, 0.25) is 5.91 Å². The van der Waals surface area contributed by atoms with Crippen molar-refractivity contribution in [2.45, 2.75) is 18.9 Å². The van der Waals surface area contributed by atoms with Crippen molar-refractivity contribution in [3.63, 3.8) is 0 Å². The van der Waals surface area contributed by atoms with Crippen molar-refractivity contribution < 1.29 is 19.4 Å². The Kier molecular flexibility index (Phi) is 5.82. The zero-order valence-corrected chi connectivity index (χ0v) is 17.7. The van der Waals surface area contributed by atoms with E-state index in [1.165, 1.54) is 0 Å². The first-order valence-electron chi connectivity index (χ1n) is 10.4. The summed E-state index contributed by atoms with van der Waals surface area (Å²) >= 11 is 0. The lowest BCUT2D eigenvalue weighted by Gasteiger charge is -2.43. The quantitative estimate of drug-likeness (QED) is 0.662. The van der Waals surface area contributed by atoms with Gasteiger partial charge in [-0.1, -0.05) is 12.1 Å². The highest BCUT2D eigenvalue weighted by Crippen LogP contribution is 2.40. The number of anilines is 1. The van der Waals surface area contributed by atoms with E-state index in [9.17, 15) is 19.5 Å². The molecule has 2 aromatic rings. The standard InChI is InChI=1S/C23H27N3O5/c1-24(2)18-5-3-16(4-6-18)19-7-8-20(27)26-11-15-9-17(23(19)26)12-25(10-15)21(28)13-31-14-22(29)30/h3-8,15,17H,9-14H2,1-2H3,(H,29,30)/p-1/t15-,17+/m0/s1. The van der Waals surface area contributed by atoms with Crippen LogP contribution < -0.4 is 15.6 Å². The fourth-order valence-corrected chi connectivity index (χ4v) is 4.71. The van der Waals surface area contributed by atoms with Gasteiger partial charge in [-0.05, 0) is 36.1 Å². The van der Waals surface area contributed by atoms with Gasteiger partial charge in [-0.2, -0.15) is 0 Å². The minimum atomic E-state index is -1.35. The monoisotopic (exact) mass is 424 g/mol. The maximum atomic E-state index is 12.6. The second-order valence-electron chi connectivity index (χ2n) is 8.48. The molecule has 2 atom stereocenters. The molecule has 1 fully saturated rings. The van der Waals surface area contributed by atoms with Crippen LogP contribution in [0.5, 0.6) is 0 Å². The Labute approximate surface area is 180 Å². The summed E-state index contributed by atoms with van der Waals surface area (Å²) in [4.78, 5) is 39.5. The number of hydrogen-bond donors (Lipinski definition) is 0. The van der Waals surface area contributed by atoms with Crippen LogP contribution in [0.1, 0.15) is 18.0 Å². The Morgan fingerprint density at radius 2 is 1.81 bits per heavy atom. The number of carbonyl (C=O) groups excluding carboxylic acids is 2. The molecular weight excluding hydrogens is 398 g/mol. The molecule has 0 saturated carbocycles. The maximum Gasteiger partial charge on any atom is 0.250 e. The van der Waals surface area contributed by atoms with Crippen molar-refractivity contribution in [1.82, 2.24) is 9.47 Å². The lowest BCUT2D eigenvalue weighted by atomic mass is 9.80. The minimum Gasteiger partial charge on any atom is -0.548 e. The smallest absolute Gasteiger partial charge is 0.250 e. The Hall–Kier alpha value is -3.13. The van der Waals surface area contributed by atoms with Crippen molar-refractivity contribution in [3.05, 3.63) is 52.4 Å². The number of fused-ring (bicyclic) bond motifs is 4. The molecule has 164 valence electrons. The van der Waals surface area contributed by atoms with Crippen LogP contribution in [0.15, 0.2) is 41.2 Å². The predicted octanol–water partition coefficient (Wildman–Crippen LogP) is 0.294. The van der Waals surface area contributed by atoms with E-state index in [1.54, 1.807) is 11.0 Å². The lowest BCUT2D eigenvalue weighted by Crippen LogP contribution is -2.50. The van der Waals surface area contributed by atoms with Gasteiger partial charge in [0.1, 0.15) is 6.61 Å². The number of carboxylic acids is 1. The molecule has 1 amide bonds. The van der Waals surface area contributed by atoms with Crippen LogP contribution in [-0.2, 0) is 20.9 Å². The first-order valence-corrected chi connectivity index (χ1v) is 10.4. The number of carbonyl (C=O) groups is 2. The van der Waals surface area contributed by atoms with Crippen LogP contribution in [0.3, 0.4) is 0 Å². The van der Waals surface area contributed by atoms with Crippen LogP contribution in [-0.4, -0.2) is 61.7 Å². The van der Waals surface area contributed by atoms with Gasteiger partial charge in [0, 0.05) is 62.7 Å². The Bertz CT molecular complexity index is 1040. The molecule has 0 spiro atoms. The van der Waals surface area contributed by atoms with Crippen molar-refractivity contribution >= 4 is 17.6 Å². The van der Waals surface area contributed by atoms with Crippen LogP contribution in [0.2, 0.25) is 0 Å². The number of piperidine rings is 1. The normalized spacial score (nSPS) is 19.6. The highest BCUT2D eigenvalue weighted by molar-refractivity contribution is 5.78. The van der Waals surface area contributed by atoms with Crippen molar-refractivity contribution in [2.24, 2.45) is 5.92 Å². The molecule has 8 heteroatoms. The van der Waals surface area contributed by atoms with Crippen LogP contribution >= 0.6 is 0 Å². The molecule has 3 heterocycles. The third-order valence-corrected chi connectivity index (χ3v) is 6.08. The van der Waals surface area contributed by atoms with Crippen LogP contribution in [0, 0.1) is 5.92 Å².